The number of phenolic OH excluding ortho intramolecular Hbond substituents is 1. The summed E-state index contributed by atoms with van der Waals surface area (Å²) < 4.78 is 4.91. The van der Waals surface area contributed by atoms with Crippen molar-refractivity contribution in [2.45, 2.75) is 19.1 Å². The Bertz CT molecular complexity index is 312. The molecular weight excluding hydrogens is 182 g/mol. The van der Waals surface area contributed by atoms with E-state index in [2.05, 4.69) is 0 Å². The fourth-order valence-electron chi connectivity index (χ4n) is 1.18. The molecule has 0 fully saturated rings. The highest BCUT2D eigenvalue weighted by molar-refractivity contribution is 5.42. The van der Waals surface area contributed by atoms with E-state index in [4.69, 9.17) is 10.5 Å². The van der Waals surface area contributed by atoms with Gasteiger partial charge in [-0.25, -0.2) is 0 Å². The quantitative estimate of drug-likeness (QED) is 0.669. The average Bonchev–Trinajstić information content (AvgIpc) is 2.17. The van der Waals surface area contributed by atoms with Crippen LogP contribution >= 0.6 is 0 Å². The fourth-order valence-corrected chi connectivity index (χ4v) is 1.18. The van der Waals surface area contributed by atoms with Crippen LogP contribution in [0, 0.1) is 0 Å². The van der Waals surface area contributed by atoms with Crippen molar-refractivity contribution in [1.82, 2.24) is 0 Å². The van der Waals surface area contributed by atoms with Gasteiger partial charge in [-0.15, -0.1) is 0 Å². The lowest BCUT2D eigenvalue weighted by molar-refractivity contribution is 0.153. The summed E-state index contributed by atoms with van der Waals surface area (Å²) >= 11 is 0. The molecule has 14 heavy (non-hydrogen) atoms. The highest BCUT2D eigenvalue weighted by Gasteiger charge is 2.14. The number of aliphatic hydroxyl groups excluding tert-OH is 1. The van der Waals surface area contributed by atoms with E-state index < -0.39 is 6.10 Å². The first-order valence-electron chi connectivity index (χ1n) is 4.36. The van der Waals surface area contributed by atoms with Crippen molar-refractivity contribution in [2.75, 3.05) is 7.11 Å². The van der Waals surface area contributed by atoms with Crippen LogP contribution < -0.4 is 10.5 Å². The maximum atomic E-state index is 9.65. The molecule has 0 saturated heterocycles. The number of aromatic hydroxyl groups is 1. The van der Waals surface area contributed by atoms with E-state index in [0.29, 0.717) is 11.3 Å². The summed E-state index contributed by atoms with van der Waals surface area (Å²) in [6, 6.07) is 4.30. The van der Waals surface area contributed by atoms with Crippen LogP contribution in [-0.4, -0.2) is 23.4 Å². The largest absolute Gasteiger partial charge is 0.504 e. The van der Waals surface area contributed by atoms with Gasteiger partial charge < -0.3 is 20.7 Å². The summed E-state index contributed by atoms with van der Waals surface area (Å²) in [5.41, 5.74) is 6.18. The lowest BCUT2D eigenvalue weighted by Crippen LogP contribution is -2.24. The molecule has 1 aromatic carbocycles. The van der Waals surface area contributed by atoms with Gasteiger partial charge in [0.05, 0.1) is 13.2 Å². The van der Waals surface area contributed by atoms with Gasteiger partial charge in [0.2, 0.25) is 0 Å². The topological polar surface area (TPSA) is 75.7 Å². The standard InChI is InChI=1S/C10H15NO3/c1-6(11)10(13)7-3-4-8(12)9(5-7)14-2/h3-6,10,12-13H,11H2,1-2H3/t6-,10+/m0/s1. The number of aliphatic hydroxyl groups is 1. The third-order valence-corrected chi connectivity index (χ3v) is 2.04. The summed E-state index contributed by atoms with van der Waals surface area (Å²) in [6.07, 6.45) is -0.746. The Kier molecular flexibility index (Phi) is 3.33. The van der Waals surface area contributed by atoms with Crippen molar-refractivity contribution in [3.63, 3.8) is 0 Å². The zero-order valence-corrected chi connectivity index (χ0v) is 8.27. The zero-order valence-electron chi connectivity index (χ0n) is 8.27. The number of methoxy groups -OCH3 is 1. The number of nitrogens with two attached hydrogens (primary N) is 1. The van der Waals surface area contributed by atoms with Crippen LogP contribution in [0.5, 0.6) is 11.5 Å². The Hall–Kier alpha value is -1.26. The van der Waals surface area contributed by atoms with E-state index in [1.807, 2.05) is 0 Å². The second-order valence-electron chi connectivity index (χ2n) is 3.24. The van der Waals surface area contributed by atoms with Crippen LogP contribution in [0.15, 0.2) is 18.2 Å². The molecule has 0 amide bonds. The van der Waals surface area contributed by atoms with Crippen molar-refractivity contribution < 1.29 is 14.9 Å². The van der Waals surface area contributed by atoms with Crippen LogP contribution in [0.4, 0.5) is 0 Å². The van der Waals surface area contributed by atoms with E-state index in [1.165, 1.54) is 13.2 Å². The lowest BCUT2D eigenvalue weighted by atomic mass is 10.0. The van der Waals surface area contributed by atoms with Gasteiger partial charge in [0, 0.05) is 6.04 Å². The molecule has 0 aliphatic rings. The van der Waals surface area contributed by atoms with Gasteiger partial charge in [0.25, 0.3) is 0 Å². The average molecular weight is 197 g/mol. The minimum absolute atomic E-state index is 0.0492. The normalized spacial score (nSPS) is 14.9. The molecule has 0 heterocycles. The summed E-state index contributed by atoms with van der Waals surface area (Å²) in [5.74, 6) is 0.385. The first-order chi connectivity index (χ1) is 6.56. The maximum Gasteiger partial charge on any atom is 0.160 e. The van der Waals surface area contributed by atoms with Crippen molar-refractivity contribution in [3.05, 3.63) is 23.8 Å². The number of phenols is 1. The Labute approximate surface area is 82.9 Å². The van der Waals surface area contributed by atoms with Crippen LogP contribution in [-0.2, 0) is 0 Å². The molecule has 4 N–H and O–H groups in total. The maximum absolute atomic E-state index is 9.65. The number of hydrogen-bond donors (Lipinski definition) is 3. The molecule has 0 radical (unpaired) electrons. The van der Waals surface area contributed by atoms with Gasteiger partial charge in [-0.2, -0.15) is 0 Å². The SMILES string of the molecule is COc1cc([C@H](O)[C@H](C)N)ccc1O. The zero-order chi connectivity index (χ0) is 10.7. The first kappa shape index (κ1) is 10.8. The molecule has 0 bridgehead atoms. The molecule has 1 rings (SSSR count). The number of ether oxygens (including phenoxy) is 1. The third-order valence-electron chi connectivity index (χ3n) is 2.04. The van der Waals surface area contributed by atoms with Crippen molar-refractivity contribution in [3.8, 4) is 11.5 Å². The van der Waals surface area contributed by atoms with Crippen LogP contribution in [0.2, 0.25) is 0 Å². The van der Waals surface area contributed by atoms with Crippen molar-refractivity contribution in [2.24, 2.45) is 5.73 Å². The van der Waals surface area contributed by atoms with Gasteiger partial charge in [0.15, 0.2) is 11.5 Å². The molecule has 78 valence electrons. The molecule has 4 nitrogen and oxygen atoms in total. The van der Waals surface area contributed by atoms with Gasteiger partial charge in [-0.1, -0.05) is 6.07 Å². The van der Waals surface area contributed by atoms with E-state index in [9.17, 15) is 10.2 Å². The molecule has 0 aliphatic carbocycles. The summed E-state index contributed by atoms with van der Waals surface area (Å²) in [7, 11) is 1.46. The van der Waals surface area contributed by atoms with E-state index in [1.54, 1.807) is 19.1 Å². The van der Waals surface area contributed by atoms with Crippen LogP contribution in [0.25, 0.3) is 0 Å². The number of rotatable bonds is 3. The fraction of sp³-hybridized carbons (Fsp3) is 0.400. The third kappa shape index (κ3) is 2.16. The second-order valence-corrected chi connectivity index (χ2v) is 3.24. The number of hydrogen-bond acceptors (Lipinski definition) is 4. The summed E-state index contributed by atoms with van der Waals surface area (Å²) in [4.78, 5) is 0. The van der Waals surface area contributed by atoms with Gasteiger partial charge >= 0.3 is 0 Å². The van der Waals surface area contributed by atoms with E-state index >= 15 is 0 Å². The monoisotopic (exact) mass is 197 g/mol. The predicted octanol–water partition coefficient (Wildman–Crippen LogP) is 0.781. The van der Waals surface area contributed by atoms with Crippen molar-refractivity contribution in [1.29, 1.82) is 0 Å². The molecule has 0 spiro atoms. The van der Waals surface area contributed by atoms with Gasteiger partial charge in [-0.05, 0) is 24.6 Å². The molecule has 0 aromatic heterocycles. The Balaban J connectivity index is 3.00. The lowest BCUT2D eigenvalue weighted by Gasteiger charge is -2.15. The smallest absolute Gasteiger partial charge is 0.160 e. The van der Waals surface area contributed by atoms with Crippen molar-refractivity contribution >= 4 is 0 Å². The Morgan fingerprint density at radius 1 is 1.43 bits per heavy atom. The minimum atomic E-state index is -0.746. The second kappa shape index (κ2) is 4.30. The summed E-state index contributed by atoms with van der Waals surface area (Å²) in [5, 5.41) is 19.0. The number of benzene rings is 1. The highest BCUT2D eigenvalue weighted by Crippen LogP contribution is 2.29. The van der Waals surface area contributed by atoms with Crippen LogP contribution in [0.3, 0.4) is 0 Å². The molecule has 4 heteroatoms. The minimum Gasteiger partial charge on any atom is -0.504 e. The Morgan fingerprint density at radius 2 is 2.07 bits per heavy atom. The van der Waals surface area contributed by atoms with Gasteiger partial charge in [0.1, 0.15) is 0 Å². The Morgan fingerprint density at radius 3 is 2.57 bits per heavy atom. The first-order valence-corrected chi connectivity index (χ1v) is 4.36. The highest BCUT2D eigenvalue weighted by atomic mass is 16.5. The summed E-state index contributed by atoms with van der Waals surface area (Å²) in [6.45, 7) is 1.71. The molecule has 0 saturated carbocycles. The predicted molar refractivity (Wildman–Crippen MR) is 53.3 cm³/mol. The molecule has 0 aliphatic heterocycles. The molecule has 0 unspecified atom stereocenters. The molecule has 1 aromatic rings. The van der Waals surface area contributed by atoms with E-state index in [0.717, 1.165) is 0 Å². The molecular formula is C10H15NO3. The molecule has 2 atom stereocenters. The van der Waals surface area contributed by atoms with E-state index in [-0.39, 0.29) is 11.8 Å². The van der Waals surface area contributed by atoms with Gasteiger partial charge in [-0.3, -0.25) is 0 Å². The van der Waals surface area contributed by atoms with Crippen LogP contribution in [0.1, 0.15) is 18.6 Å².